The summed E-state index contributed by atoms with van der Waals surface area (Å²) >= 11 is 0. The summed E-state index contributed by atoms with van der Waals surface area (Å²) in [5, 5.41) is 9.58. The van der Waals surface area contributed by atoms with Crippen LogP contribution in [0.2, 0.25) is 0 Å². The van der Waals surface area contributed by atoms with E-state index >= 15 is 0 Å². The van der Waals surface area contributed by atoms with Crippen LogP contribution < -0.4 is 0 Å². The van der Waals surface area contributed by atoms with Gasteiger partial charge in [-0.15, -0.1) is 0 Å². The summed E-state index contributed by atoms with van der Waals surface area (Å²) in [7, 11) is 0. The molecule has 208 valence electrons. The number of carbonyl (C=O) groups excluding carboxylic acids is 3. The number of fused-ring (bicyclic) bond motifs is 1. The lowest BCUT2D eigenvalue weighted by Crippen LogP contribution is -2.44. The first-order valence-electron chi connectivity index (χ1n) is 13.7. The number of nitrogens with zero attached hydrogens (tertiary/aromatic N) is 2. The molecule has 0 bridgehead atoms. The molecule has 1 N–H and O–H groups in total. The fourth-order valence-electron chi connectivity index (χ4n) is 5.35. The highest BCUT2D eigenvalue weighted by molar-refractivity contribution is 5.86. The molecule has 2 heterocycles. The van der Waals surface area contributed by atoms with Crippen molar-refractivity contribution in [3.8, 4) is 0 Å². The first-order chi connectivity index (χ1) is 18.9. The van der Waals surface area contributed by atoms with Crippen LogP contribution in [0.25, 0.3) is 0 Å². The molecule has 1 fully saturated rings. The average Bonchev–Trinajstić information content (AvgIpc) is 3.41. The topological polar surface area (TPSA) is 87.2 Å². The highest BCUT2D eigenvalue weighted by atomic mass is 19.1. The van der Waals surface area contributed by atoms with Crippen LogP contribution in [0, 0.1) is 17.7 Å². The number of carbonyl (C=O) groups is 3. The summed E-state index contributed by atoms with van der Waals surface area (Å²) in [5.41, 5.74) is 1.81. The van der Waals surface area contributed by atoms with Gasteiger partial charge in [-0.05, 0) is 55.4 Å². The molecule has 3 atom stereocenters. The number of cyclic esters (lactones) is 1. The van der Waals surface area contributed by atoms with Crippen molar-refractivity contribution in [2.45, 2.75) is 51.1 Å². The van der Waals surface area contributed by atoms with E-state index in [0.717, 1.165) is 24.0 Å². The Hall–Kier alpha value is -3.52. The van der Waals surface area contributed by atoms with E-state index in [9.17, 15) is 23.9 Å². The zero-order chi connectivity index (χ0) is 27.6. The molecule has 1 saturated heterocycles. The zero-order valence-corrected chi connectivity index (χ0v) is 22.2. The van der Waals surface area contributed by atoms with Gasteiger partial charge in [-0.1, -0.05) is 54.6 Å². The molecule has 0 spiro atoms. The predicted octanol–water partition coefficient (Wildman–Crippen LogP) is 3.90. The summed E-state index contributed by atoms with van der Waals surface area (Å²) in [6.45, 7) is 1.09. The molecule has 0 aliphatic carbocycles. The maximum atomic E-state index is 13.6. The molecule has 0 unspecified atom stereocenters. The molecule has 8 heteroatoms. The van der Waals surface area contributed by atoms with E-state index in [1.165, 1.54) is 12.1 Å². The van der Waals surface area contributed by atoms with E-state index < -0.39 is 11.8 Å². The van der Waals surface area contributed by atoms with Gasteiger partial charge in [0.2, 0.25) is 11.8 Å². The molecule has 0 radical (unpaired) electrons. The largest absolute Gasteiger partial charge is 0.463 e. The molecule has 7 nitrogen and oxygen atoms in total. The number of benzene rings is 2. The minimum absolute atomic E-state index is 0.0397. The van der Waals surface area contributed by atoms with Gasteiger partial charge < -0.3 is 19.6 Å². The molecule has 39 heavy (non-hydrogen) atoms. The van der Waals surface area contributed by atoms with Crippen molar-refractivity contribution in [3.63, 3.8) is 0 Å². The fraction of sp³-hybridized carbons (Fsp3) is 0.452. The summed E-state index contributed by atoms with van der Waals surface area (Å²) in [6.07, 6.45) is 6.57. The van der Waals surface area contributed by atoms with Gasteiger partial charge >= 0.3 is 5.97 Å². The monoisotopic (exact) mass is 536 g/mol. The first kappa shape index (κ1) is 28.5. The highest BCUT2D eigenvalue weighted by Crippen LogP contribution is 2.26. The van der Waals surface area contributed by atoms with Crippen molar-refractivity contribution in [1.29, 1.82) is 0 Å². The first-order valence-corrected chi connectivity index (χ1v) is 13.7. The Balaban J connectivity index is 1.50. The van der Waals surface area contributed by atoms with Crippen LogP contribution in [-0.4, -0.2) is 65.0 Å². The van der Waals surface area contributed by atoms with Gasteiger partial charge in [-0.3, -0.25) is 14.4 Å². The van der Waals surface area contributed by atoms with Crippen molar-refractivity contribution in [1.82, 2.24) is 9.80 Å². The van der Waals surface area contributed by atoms with Crippen LogP contribution in [-0.2, 0) is 32.1 Å². The molecule has 0 saturated carbocycles. The lowest BCUT2D eigenvalue weighted by molar-refractivity contribution is -0.152. The van der Waals surface area contributed by atoms with Gasteiger partial charge in [0, 0.05) is 26.1 Å². The maximum absolute atomic E-state index is 13.6. The van der Waals surface area contributed by atoms with Gasteiger partial charge in [0.25, 0.3) is 0 Å². The van der Waals surface area contributed by atoms with E-state index in [1.54, 1.807) is 21.9 Å². The molecule has 2 aliphatic heterocycles. The lowest BCUT2D eigenvalue weighted by Gasteiger charge is -2.30. The van der Waals surface area contributed by atoms with E-state index in [2.05, 4.69) is 0 Å². The Morgan fingerprint density at radius 3 is 2.44 bits per heavy atom. The quantitative estimate of drug-likeness (QED) is 0.409. The summed E-state index contributed by atoms with van der Waals surface area (Å²) < 4.78 is 19.0. The average molecular weight is 537 g/mol. The Kier molecular flexibility index (Phi) is 10.3. The predicted molar refractivity (Wildman–Crippen MR) is 145 cm³/mol. The second kappa shape index (κ2) is 14.0. The summed E-state index contributed by atoms with van der Waals surface area (Å²) in [6, 6.07) is 15.5. The van der Waals surface area contributed by atoms with E-state index in [-0.39, 0.29) is 55.8 Å². The van der Waals surface area contributed by atoms with Gasteiger partial charge in [-0.25, -0.2) is 4.39 Å². The summed E-state index contributed by atoms with van der Waals surface area (Å²) in [4.78, 5) is 43.3. The Morgan fingerprint density at radius 2 is 1.72 bits per heavy atom. The minimum Gasteiger partial charge on any atom is -0.463 e. The standard InChI is InChI=1S/C31H37FN2O5/c32-27-14-12-23(13-15-27)19-26-10-5-4-9-25(30(37)34-16-6-11-28(34)22-39-31(26)38)20-29(36)33(17-18-35)21-24-7-2-1-3-8-24/h1-5,7-8,12-15,25-26,28,35H,6,9-11,16-22H2/b5-4+/t25-,26-,28-/m0/s1. The molecule has 0 aromatic heterocycles. The molecule has 2 aromatic carbocycles. The third-order valence-corrected chi connectivity index (χ3v) is 7.52. The van der Waals surface area contributed by atoms with Crippen molar-refractivity contribution in [3.05, 3.63) is 83.7 Å². The number of esters is 1. The molecule has 2 amide bonds. The zero-order valence-electron chi connectivity index (χ0n) is 22.2. The molecular formula is C31H37FN2O5. The number of halogens is 1. The fourth-order valence-corrected chi connectivity index (χ4v) is 5.35. The molecule has 2 aromatic rings. The SMILES string of the molecule is O=C1OC[C@@H]2CCCN2C(=O)[C@H](CC(=O)N(CCO)Cc2ccccc2)C/C=C/C[C@H]1Cc1ccc(F)cc1. The number of aliphatic hydroxyl groups is 1. The molecule has 4 rings (SSSR count). The third kappa shape index (κ3) is 7.99. The van der Waals surface area contributed by atoms with Crippen molar-refractivity contribution >= 4 is 17.8 Å². The Bertz CT molecular complexity index is 1140. The maximum Gasteiger partial charge on any atom is 0.309 e. The molecular weight excluding hydrogens is 499 g/mol. The number of ether oxygens (including phenoxy) is 1. The smallest absolute Gasteiger partial charge is 0.309 e. The van der Waals surface area contributed by atoms with Crippen molar-refractivity contribution in [2.75, 3.05) is 26.3 Å². The number of aliphatic hydroxyl groups excluding tert-OH is 1. The van der Waals surface area contributed by atoms with E-state index in [4.69, 9.17) is 4.74 Å². The van der Waals surface area contributed by atoms with Crippen LogP contribution in [0.4, 0.5) is 4.39 Å². The second-order valence-corrected chi connectivity index (χ2v) is 10.4. The van der Waals surface area contributed by atoms with Gasteiger partial charge in [0.1, 0.15) is 12.4 Å². The van der Waals surface area contributed by atoms with Gasteiger partial charge in [-0.2, -0.15) is 0 Å². The second-order valence-electron chi connectivity index (χ2n) is 10.4. The van der Waals surface area contributed by atoms with Crippen molar-refractivity contribution < 1.29 is 28.6 Å². The molecule has 2 aliphatic rings. The highest BCUT2D eigenvalue weighted by Gasteiger charge is 2.35. The normalized spacial score (nSPS) is 22.8. The van der Waals surface area contributed by atoms with Crippen LogP contribution in [0.5, 0.6) is 0 Å². The Labute approximate surface area is 229 Å². The van der Waals surface area contributed by atoms with Crippen LogP contribution in [0.15, 0.2) is 66.7 Å². The number of amides is 2. The van der Waals surface area contributed by atoms with E-state index in [0.29, 0.717) is 32.4 Å². The minimum atomic E-state index is -0.544. The van der Waals surface area contributed by atoms with Crippen LogP contribution >= 0.6 is 0 Å². The lowest BCUT2D eigenvalue weighted by atomic mass is 9.94. The Morgan fingerprint density at radius 1 is 1.00 bits per heavy atom. The van der Waals surface area contributed by atoms with Gasteiger partial charge in [0.15, 0.2) is 0 Å². The van der Waals surface area contributed by atoms with Crippen LogP contribution in [0.3, 0.4) is 0 Å². The number of allylic oxidation sites excluding steroid dienone is 2. The van der Waals surface area contributed by atoms with Crippen molar-refractivity contribution in [2.24, 2.45) is 11.8 Å². The van der Waals surface area contributed by atoms with Gasteiger partial charge in [0.05, 0.1) is 24.5 Å². The van der Waals surface area contributed by atoms with Crippen LogP contribution in [0.1, 0.15) is 43.2 Å². The third-order valence-electron chi connectivity index (χ3n) is 7.52. The summed E-state index contributed by atoms with van der Waals surface area (Å²) in [5.74, 6) is -1.90. The number of rotatable bonds is 8. The number of hydrogen-bond acceptors (Lipinski definition) is 5. The number of hydrogen-bond donors (Lipinski definition) is 1. The van der Waals surface area contributed by atoms with E-state index in [1.807, 2.05) is 42.5 Å².